The minimum atomic E-state index is -0.612. The van der Waals surface area contributed by atoms with E-state index in [1.54, 1.807) is 24.3 Å². The number of carbonyl (C=O) groups excluding carboxylic acids is 1. The number of carbonyl (C=O) groups is 1. The van der Waals surface area contributed by atoms with Crippen LogP contribution in [0.15, 0.2) is 42.5 Å². The first-order chi connectivity index (χ1) is 10.5. The number of hydrogen-bond donors (Lipinski definition) is 2. The van der Waals surface area contributed by atoms with Gasteiger partial charge >= 0.3 is 6.03 Å². The second-order valence-corrected chi connectivity index (χ2v) is 5.20. The van der Waals surface area contributed by atoms with E-state index in [1.807, 2.05) is 0 Å². The average molecular weight is 340 g/mol. The van der Waals surface area contributed by atoms with Crippen molar-refractivity contribution in [1.82, 2.24) is 5.32 Å². The van der Waals surface area contributed by atoms with Gasteiger partial charge in [-0.25, -0.2) is 4.79 Å². The first-order valence-corrected chi connectivity index (χ1v) is 6.94. The molecule has 0 radical (unpaired) electrons. The van der Waals surface area contributed by atoms with Crippen LogP contribution in [0.2, 0.25) is 10.0 Å². The molecule has 2 N–H and O–H groups in total. The van der Waals surface area contributed by atoms with Gasteiger partial charge in [0.05, 0.1) is 4.92 Å². The molecule has 114 valence electrons. The van der Waals surface area contributed by atoms with Gasteiger partial charge in [-0.2, -0.15) is 0 Å². The van der Waals surface area contributed by atoms with Gasteiger partial charge in [-0.1, -0.05) is 35.3 Å². The largest absolute Gasteiger partial charge is 0.334 e. The second-order valence-electron chi connectivity index (χ2n) is 4.36. The van der Waals surface area contributed by atoms with Crippen LogP contribution >= 0.6 is 23.2 Å². The number of nitrogens with one attached hydrogen (secondary N) is 2. The molecule has 0 aromatic heterocycles. The van der Waals surface area contributed by atoms with Gasteiger partial charge in [0.15, 0.2) is 0 Å². The van der Waals surface area contributed by atoms with E-state index in [9.17, 15) is 14.9 Å². The van der Waals surface area contributed by atoms with Gasteiger partial charge in [0, 0.05) is 23.3 Å². The fourth-order valence-corrected chi connectivity index (χ4v) is 2.00. The summed E-state index contributed by atoms with van der Waals surface area (Å²) in [6.07, 6.45) is 0. The van der Waals surface area contributed by atoms with Gasteiger partial charge in [-0.15, -0.1) is 0 Å². The second kappa shape index (κ2) is 7.11. The smallest absolute Gasteiger partial charge is 0.319 e. The average Bonchev–Trinajstić information content (AvgIpc) is 2.48. The first-order valence-electron chi connectivity index (χ1n) is 6.19. The quantitative estimate of drug-likeness (QED) is 0.645. The SMILES string of the molecule is O=C(NCc1ccc(Cl)cc1)Nc1ccc(Cl)c([N+](=O)[O-])c1. The van der Waals surface area contributed by atoms with E-state index in [4.69, 9.17) is 23.2 Å². The Morgan fingerprint density at radius 2 is 1.82 bits per heavy atom. The zero-order valence-corrected chi connectivity index (χ0v) is 12.7. The summed E-state index contributed by atoms with van der Waals surface area (Å²) in [4.78, 5) is 21.9. The Bertz CT molecular complexity index is 705. The standard InChI is InChI=1S/C14H11Cl2N3O3/c15-10-3-1-9(2-4-10)8-17-14(20)18-11-5-6-12(16)13(7-11)19(21)22/h1-7H,8H2,(H2,17,18,20). The molecule has 0 unspecified atom stereocenters. The number of nitro benzene ring substituents is 1. The van der Waals surface area contributed by atoms with Gasteiger partial charge in [0.2, 0.25) is 0 Å². The van der Waals surface area contributed by atoms with E-state index < -0.39 is 11.0 Å². The Morgan fingerprint density at radius 3 is 2.45 bits per heavy atom. The van der Waals surface area contributed by atoms with E-state index in [0.717, 1.165) is 5.56 Å². The van der Waals surface area contributed by atoms with Crippen molar-refractivity contribution in [1.29, 1.82) is 0 Å². The molecule has 0 aliphatic carbocycles. The molecule has 2 amide bonds. The van der Waals surface area contributed by atoms with E-state index in [0.29, 0.717) is 11.6 Å². The molecule has 0 fully saturated rings. The van der Waals surface area contributed by atoms with Gasteiger partial charge in [0.25, 0.3) is 5.69 Å². The molecule has 0 atom stereocenters. The topological polar surface area (TPSA) is 84.3 Å². The predicted octanol–water partition coefficient (Wildman–Crippen LogP) is 4.22. The number of halogens is 2. The Hall–Kier alpha value is -2.31. The normalized spacial score (nSPS) is 10.1. The molecule has 0 bridgehead atoms. The highest BCUT2D eigenvalue weighted by molar-refractivity contribution is 6.32. The fourth-order valence-electron chi connectivity index (χ4n) is 1.69. The van der Waals surface area contributed by atoms with Crippen LogP contribution in [0.3, 0.4) is 0 Å². The van der Waals surface area contributed by atoms with Crippen molar-refractivity contribution >= 4 is 40.6 Å². The third-order valence-corrected chi connectivity index (χ3v) is 3.34. The maximum atomic E-state index is 11.8. The number of benzene rings is 2. The van der Waals surface area contributed by atoms with E-state index in [1.165, 1.54) is 18.2 Å². The number of nitro groups is 1. The fraction of sp³-hybridized carbons (Fsp3) is 0.0714. The van der Waals surface area contributed by atoms with E-state index in [-0.39, 0.29) is 16.4 Å². The summed E-state index contributed by atoms with van der Waals surface area (Å²) < 4.78 is 0. The first kappa shape index (κ1) is 16.1. The zero-order chi connectivity index (χ0) is 16.1. The van der Waals surface area contributed by atoms with Crippen molar-refractivity contribution in [3.05, 3.63) is 68.2 Å². The minimum Gasteiger partial charge on any atom is -0.334 e. The molecule has 0 heterocycles. The van der Waals surface area contributed by atoms with Crippen molar-refractivity contribution in [3.63, 3.8) is 0 Å². The molecule has 0 spiro atoms. The van der Waals surface area contributed by atoms with Crippen molar-refractivity contribution in [3.8, 4) is 0 Å². The summed E-state index contributed by atoms with van der Waals surface area (Å²) in [5.41, 5.74) is 0.892. The third-order valence-electron chi connectivity index (χ3n) is 2.77. The van der Waals surface area contributed by atoms with Gasteiger partial charge < -0.3 is 10.6 Å². The molecule has 0 saturated heterocycles. The van der Waals surface area contributed by atoms with Crippen LogP contribution in [0.4, 0.5) is 16.2 Å². The van der Waals surface area contributed by atoms with Crippen LogP contribution in [-0.4, -0.2) is 11.0 Å². The van der Waals surface area contributed by atoms with Crippen molar-refractivity contribution < 1.29 is 9.72 Å². The molecule has 8 heteroatoms. The molecule has 2 aromatic rings. The lowest BCUT2D eigenvalue weighted by molar-refractivity contribution is -0.384. The third kappa shape index (κ3) is 4.34. The maximum absolute atomic E-state index is 11.8. The number of anilines is 1. The number of nitrogens with zero attached hydrogens (tertiary/aromatic N) is 1. The summed E-state index contributed by atoms with van der Waals surface area (Å²) in [7, 11) is 0. The van der Waals surface area contributed by atoms with Crippen LogP contribution in [0, 0.1) is 10.1 Å². The van der Waals surface area contributed by atoms with Crippen molar-refractivity contribution in [2.75, 3.05) is 5.32 Å². The number of rotatable bonds is 4. The molecular formula is C14H11Cl2N3O3. The lowest BCUT2D eigenvalue weighted by atomic mass is 10.2. The van der Waals surface area contributed by atoms with Crippen LogP contribution < -0.4 is 10.6 Å². The highest BCUT2D eigenvalue weighted by atomic mass is 35.5. The van der Waals surface area contributed by atoms with Gasteiger partial charge in [-0.05, 0) is 29.8 Å². The van der Waals surface area contributed by atoms with Crippen molar-refractivity contribution in [2.45, 2.75) is 6.54 Å². The molecular weight excluding hydrogens is 329 g/mol. The zero-order valence-electron chi connectivity index (χ0n) is 11.2. The summed E-state index contributed by atoms with van der Waals surface area (Å²) in [5.74, 6) is 0. The van der Waals surface area contributed by atoms with Crippen LogP contribution in [0.1, 0.15) is 5.56 Å². The monoisotopic (exact) mass is 339 g/mol. The molecule has 2 aromatic carbocycles. The number of urea groups is 1. The lowest BCUT2D eigenvalue weighted by Gasteiger charge is -2.08. The molecule has 0 saturated carbocycles. The molecule has 0 aliphatic rings. The van der Waals surface area contributed by atoms with Gasteiger partial charge in [0.1, 0.15) is 5.02 Å². The Morgan fingerprint density at radius 1 is 1.14 bits per heavy atom. The molecule has 22 heavy (non-hydrogen) atoms. The Kier molecular flexibility index (Phi) is 5.19. The summed E-state index contributed by atoms with van der Waals surface area (Å²) in [6.45, 7) is 0.304. The molecule has 6 nitrogen and oxygen atoms in total. The maximum Gasteiger partial charge on any atom is 0.319 e. The highest BCUT2D eigenvalue weighted by Crippen LogP contribution is 2.27. The Balaban J connectivity index is 1.96. The number of amides is 2. The molecule has 0 aliphatic heterocycles. The summed E-state index contributed by atoms with van der Waals surface area (Å²) in [5, 5.41) is 16.5. The van der Waals surface area contributed by atoms with Crippen LogP contribution in [0.5, 0.6) is 0 Å². The molecule has 2 rings (SSSR count). The number of hydrogen-bond acceptors (Lipinski definition) is 3. The predicted molar refractivity (Wildman–Crippen MR) is 85.4 cm³/mol. The highest BCUT2D eigenvalue weighted by Gasteiger charge is 2.13. The van der Waals surface area contributed by atoms with Crippen LogP contribution in [-0.2, 0) is 6.54 Å². The summed E-state index contributed by atoms with van der Waals surface area (Å²) >= 11 is 11.5. The lowest BCUT2D eigenvalue weighted by Crippen LogP contribution is -2.28. The van der Waals surface area contributed by atoms with Gasteiger partial charge in [-0.3, -0.25) is 10.1 Å². The van der Waals surface area contributed by atoms with Crippen LogP contribution in [0.25, 0.3) is 0 Å². The minimum absolute atomic E-state index is 0.0112. The van der Waals surface area contributed by atoms with E-state index in [2.05, 4.69) is 10.6 Å². The Labute approximate surface area is 136 Å². The van der Waals surface area contributed by atoms with E-state index >= 15 is 0 Å². The van der Waals surface area contributed by atoms with Crippen molar-refractivity contribution in [2.24, 2.45) is 0 Å². The summed E-state index contributed by atoms with van der Waals surface area (Å²) in [6, 6.07) is 10.6.